The summed E-state index contributed by atoms with van der Waals surface area (Å²) in [7, 11) is -1.63. The molecule has 2 aromatic rings. The zero-order chi connectivity index (χ0) is 21.4. The summed E-state index contributed by atoms with van der Waals surface area (Å²) in [6.07, 6.45) is 0.956. The summed E-state index contributed by atoms with van der Waals surface area (Å²) in [5.74, 6) is 0.494. The van der Waals surface area contributed by atoms with Crippen LogP contribution in [0.1, 0.15) is 18.1 Å². The van der Waals surface area contributed by atoms with Crippen molar-refractivity contribution in [2.24, 2.45) is 4.99 Å². The number of halogens is 2. The van der Waals surface area contributed by atoms with Crippen molar-refractivity contribution in [2.45, 2.75) is 25.3 Å². The lowest BCUT2D eigenvalue weighted by atomic mass is 10.1. The molecule has 2 aromatic carbocycles. The third-order valence-corrected chi connectivity index (χ3v) is 5.13. The number of benzene rings is 2. The summed E-state index contributed by atoms with van der Waals surface area (Å²) in [4.78, 5) is 4.13. The normalized spacial score (nSPS) is 13.1. The highest BCUT2D eigenvalue weighted by Crippen LogP contribution is 2.24. The first-order valence-electron chi connectivity index (χ1n) is 8.98. The van der Waals surface area contributed by atoms with Gasteiger partial charge in [0, 0.05) is 19.8 Å². The number of nitrogens with one attached hydrogen (secondary N) is 2. The monoisotopic (exact) mass is 441 g/mol. The van der Waals surface area contributed by atoms with Crippen molar-refractivity contribution in [3.8, 4) is 5.75 Å². The highest BCUT2D eigenvalue weighted by molar-refractivity contribution is 7.89. The van der Waals surface area contributed by atoms with E-state index in [0.717, 1.165) is 6.26 Å². The van der Waals surface area contributed by atoms with Crippen LogP contribution in [-0.2, 0) is 22.1 Å². The third-order valence-electron chi connectivity index (χ3n) is 3.98. The summed E-state index contributed by atoms with van der Waals surface area (Å²) in [5, 5.41) is 6.72. The topological polar surface area (TPSA) is 79.8 Å². The van der Waals surface area contributed by atoms with E-state index < -0.39 is 15.7 Å². The number of nitrogens with zero attached hydrogens (tertiary/aromatic N) is 1. The number of hydrogen-bond donors (Lipinski definition) is 2. The quantitative estimate of drug-likeness (QED) is 0.486. The predicted octanol–water partition coefficient (Wildman–Crippen LogP) is 3.16. The summed E-state index contributed by atoms with van der Waals surface area (Å²) >= 11 is 6.09. The van der Waals surface area contributed by atoms with E-state index in [1.165, 1.54) is 18.2 Å². The van der Waals surface area contributed by atoms with Crippen LogP contribution >= 0.6 is 11.6 Å². The van der Waals surface area contributed by atoms with E-state index in [2.05, 4.69) is 15.6 Å². The molecule has 9 heteroatoms. The summed E-state index contributed by atoms with van der Waals surface area (Å²) in [6, 6.07) is 11.3. The molecule has 0 amide bonds. The van der Waals surface area contributed by atoms with Crippen molar-refractivity contribution in [1.82, 2.24) is 10.6 Å². The van der Waals surface area contributed by atoms with Gasteiger partial charge in [-0.05, 0) is 42.3 Å². The maximum absolute atomic E-state index is 13.6. The van der Waals surface area contributed by atoms with Gasteiger partial charge in [-0.2, -0.15) is 0 Å². The molecule has 0 aliphatic carbocycles. The predicted molar refractivity (Wildman–Crippen MR) is 115 cm³/mol. The van der Waals surface area contributed by atoms with Crippen LogP contribution in [0.3, 0.4) is 0 Å². The second kappa shape index (κ2) is 10.5. The van der Waals surface area contributed by atoms with Gasteiger partial charge in [-0.15, -0.1) is 0 Å². The van der Waals surface area contributed by atoms with E-state index in [1.54, 1.807) is 19.2 Å². The lowest BCUT2D eigenvalue weighted by Gasteiger charge is -2.19. The lowest BCUT2D eigenvalue weighted by molar-refractivity contribution is 0.224. The van der Waals surface area contributed by atoms with Crippen LogP contribution in [0.25, 0.3) is 0 Å². The number of aliphatic imine (C=N–C) groups is 1. The molecule has 0 saturated carbocycles. The molecule has 0 heterocycles. The first-order valence-corrected chi connectivity index (χ1v) is 11.4. The van der Waals surface area contributed by atoms with Crippen molar-refractivity contribution < 1.29 is 17.5 Å². The molecule has 2 rings (SSSR count). The average molecular weight is 442 g/mol. The molecule has 1 atom stereocenters. The smallest absolute Gasteiger partial charge is 0.191 e. The average Bonchev–Trinajstić information content (AvgIpc) is 2.64. The first kappa shape index (κ1) is 23.0. The van der Waals surface area contributed by atoms with Crippen LogP contribution in [0.5, 0.6) is 5.75 Å². The standard InChI is InChI=1S/C20H25ClFN3O3S/c1-14(28-19-7-5-4-6-18(19)21)11-24-20(23-2)25-12-16-10-17(22)9-8-15(16)13-29(3,26)27/h4-10,14H,11-13H2,1-3H3,(H2,23,24,25). The Morgan fingerprint density at radius 3 is 2.59 bits per heavy atom. The lowest BCUT2D eigenvalue weighted by Crippen LogP contribution is -2.41. The van der Waals surface area contributed by atoms with Gasteiger partial charge in [0.15, 0.2) is 15.8 Å². The molecule has 0 fully saturated rings. The summed E-state index contributed by atoms with van der Waals surface area (Å²) in [5.41, 5.74) is 1.10. The number of rotatable bonds is 8. The molecule has 2 N–H and O–H groups in total. The molecule has 1 unspecified atom stereocenters. The van der Waals surface area contributed by atoms with E-state index in [0.29, 0.717) is 34.4 Å². The Morgan fingerprint density at radius 1 is 1.21 bits per heavy atom. The number of hydrogen-bond acceptors (Lipinski definition) is 4. The Morgan fingerprint density at radius 2 is 1.93 bits per heavy atom. The molecule has 0 saturated heterocycles. The largest absolute Gasteiger partial charge is 0.487 e. The van der Waals surface area contributed by atoms with Crippen molar-refractivity contribution >= 4 is 27.4 Å². The first-order chi connectivity index (χ1) is 13.7. The van der Waals surface area contributed by atoms with E-state index >= 15 is 0 Å². The van der Waals surface area contributed by atoms with Gasteiger partial charge < -0.3 is 15.4 Å². The highest BCUT2D eigenvalue weighted by Gasteiger charge is 2.12. The van der Waals surface area contributed by atoms with Gasteiger partial charge in [-0.1, -0.05) is 29.8 Å². The number of ether oxygens (including phenoxy) is 1. The van der Waals surface area contributed by atoms with Crippen LogP contribution in [0.2, 0.25) is 5.02 Å². The molecular formula is C20H25ClFN3O3S. The molecule has 6 nitrogen and oxygen atoms in total. The minimum Gasteiger partial charge on any atom is -0.487 e. The van der Waals surface area contributed by atoms with Crippen LogP contribution in [0, 0.1) is 5.82 Å². The van der Waals surface area contributed by atoms with Crippen molar-refractivity contribution in [2.75, 3.05) is 19.8 Å². The molecule has 29 heavy (non-hydrogen) atoms. The summed E-state index contributed by atoms with van der Waals surface area (Å²) in [6.45, 7) is 2.56. The van der Waals surface area contributed by atoms with Gasteiger partial charge in [0.25, 0.3) is 0 Å². The third kappa shape index (κ3) is 7.91. The van der Waals surface area contributed by atoms with E-state index in [-0.39, 0.29) is 18.4 Å². The van der Waals surface area contributed by atoms with Crippen molar-refractivity contribution in [1.29, 1.82) is 0 Å². The molecule has 0 aliphatic rings. The van der Waals surface area contributed by atoms with Crippen LogP contribution in [0.15, 0.2) is 47.5 Å². The Kier molecular flexibility index (Phi) is 8.28. The van der Waals surface area contributed by atoms with Crippen molar-refractivity contribution in [3.05, 3.63) is 64.4 Å². The van der Waals surface area contributed by atoms with Gasteiger partial charge in [0.1, 0.15) is 17.7 Å². The van der Waals surface area contributed by atoms with Gasteiger partial charge >= 0.3 is 0 Å². The minimum atomic E-state index is -3.23. The zero-order valence-electron chi connectivity index (χ0n) is 16.6. The number of para-hydroxylation sites is 1. The Hall–Kier alpha value is -2.32. The molecule has 158 valence electrons. The Labute approximate surface area is 176 Å². The zero-order valence-corrected chi connectivity index (χ0v) is 18.1. The molecule has 0 bridgehead atoms. The molecule has 0 aliphatic heterocycles. The maximum Gasteiger partial charge on any atom is 0.191 e. The van der Waals surface area contributed by atoms with Crippen molar-refractivity contribution in [3.63, 3.8) is 0 Å². The summed E-state index contributed by atoms with van der Waals surface area (Å²) < 4.78 is 42.6. The van der Waals surface area contributed by atoms with Gasteiger partial charge in [0.2, 0.25) is 0 Å². The second-order valence-corrected chi connectivity index (χ2v) is 9.20. The minimum absolute atomic E-state index is 0.154. The van der Waals surface area contributed by atoms with E-state index in [1.807, 2.05) is 19.1 Å². The van der Waals surface area contributed by atoms with E-state index in [4.69, 9.17) is 16.3 Å². The SMILES string of the molecule is CN=C(NCc1cc(F)ccc1CS(C)(=O)=O)NCC(C)Oc1ccccc1Cl. The maximum atomic E-state index is 13.6. The number of guanidine groups is 1. The fourth-order valence-corrected chi connectivity index (χ4v) is 3.65. The van der Waals surface area contributed by atoms with Gasteiger partial charge in [-0.25, -0.2) is 12.8 Å². The number of sulfone groups is 1. The van der Waals surface area contributed by atoms with Crippen LogP contribution in [-0.4, -0.2) is 40.3 Å². The molecule has 0 spiro atoms. The Balaban J connectivity index is 1.94. The fraction of sp³-hybridized carbons (Fsp3) is 0.350. The highest BCUT2D eigenvalue weighted by atomic mass is 35.5. The van der Waals surface area contributed by atoms with Crippen LogP contribution in [0.4, 0.5) is 4.39 Å². The van der Waals surface area contributed by atoms with E-state index in [9.17, 15) is 12.8 Å². The van der Waals surface area contributed by atoms with Crippen LogP contribution < -0.4 is 15.4 Å². The van der Waals surface area contributed by atoms with Gasteiger partial charge in [0.05, 0.1) is 17.3 Å². The molecular weight excluding hydrogens is 417 g/mol. The molecule has 0 aromatic heterocycles. The fourth-order valence-electron chi connectivity index (χ4n) is 2.62. The second-order valence-electron chi connectivity index (χ2n) is 6.65. The molecule has 0 radical (unpaired) electrons. The van der Waals surface area contributed by atoms with Gasteiger partial charge in [-0.3, -0.25) is 4.99 Å². The Bertz CT molecular complexity index is 967.